The van der Waals surface area contributed by atoms with Gasteiger partial charge >= 0.3 is 0 Å². The van der Waals surface area contributed by atoms with Crippen LogP contribution in [0.25, 0.3) is 0 Å². The van der Waals surface area contributed by atoms with Crippen molar-refractivity contribution in [1.29, 1.82) is 0 Å². The largest absolute Gasteiger partial charge is 0.390 e. The van der Waals surface area contributed by atoms with Crippen LogP contribution in [0, 0.1) is 5.82 Å². The predicted octanol–water partition coefficient (Wildman–Crippen LogP) is 1.87. The van der Waals surface area contributed by atoms with Crippen LogP contribution < -0.4 is 4.31 Å². The average molecular weight is 312 g/mol. The van der Waals surface area contributed by atoms with Crippen molar-refractivity contribution in [3.63, 3.8) is 0 Å². The fourth-order valence-corrected chi connectivity index (χ4v) is 3.70. The van der Waals surface area contributed by atoms with E-state index in [1.165, 1.54) is 35.0 Å². The van der Waals surface area contributed by atoms with E-state index in [1.54, 1.807) is 20.0 Å². The molecule has 0 amide bonds. The molecular weight excluding hydrogens is 295 g/mol. The normalized spacial score (nSPS) is 11.6. The molecule has 0 aliphatic heterocycles. The molecule has 0 aliphatic carbocycles. The molecule has 0 aliphatic rings. The Hall–Kier alpha value is -1.86. The van der Waals surface area contributed by atoms with Gasteiger partial charge in [0.2, 0.25) is 0 Å². The summed E-state index contributed by atoms with van der Waals surface area (Å²) < 4.78 is 41.7. The van der Waals surface area contributed by atoms with E-state index in [-0.39, 0.29) is 23.7 Å². The van der Waals surface area contributed by atoms with Crippen LogP contribution in [-0.2, 0) is 23.7 Å². The van der Waals surface area contributed by atoms with E-state index < -0.39 is 15.8 Å². The van der Waals surface area contributed by atoms with Gasteiger partial charge in [-0.05, 0) is 25.1 Å². The maximum atomic E-state index is 13.9. The lowest BCUT2D eigenvalue weighted by Crippen LogP contribution is -2.31. The molecule has 1 aromatic carbocycles. The predicted molar refractivity (Wildman–Crippen MR) is 77.9 cm³/mol. The molecule has 1 heterocycles. The zero-order chi connectivity index (χ0) is 15.6. The molecule has 21 heavy (non-hydrogen) atoms. The van der Waals surface area contributed by atoms with Crippen LogP contribution in [0.2, 0.25) is 0 Å². The molecule has 1 aromatic heterocycles. The van der Waals surface area contributed by atoms with Gasteiger partial charge in [-0.25, -0.2) is 12.8 Å². The van der Waals surface area contributed by atoms with Gasteiger partial charge in [-0.15, -0.1) is 0 Å². The lowest BCUT2D eigenvalue weighted by Gasteiger charge is -2.22. The molecule has 0 spiro atoms. The van der Waals surface area contributed by atoms with Gasteiger partial charge in [-0.2, -0.15) is 0 Å². The number of nitrogens with zero attached hydrogens (tertiary/aromatic N) is 2. The molecule has 7 heteroatoms. The Morgan fingerprint density at radius 1 is 1.33 bits per heavy atom. The molecule has 1 N–H and O–H groups in total. The number of hydrogen-bond donors (Lipinski definition) is 1. The van der Waals surface area contributed by atoms with E-state index in [0.29, 0.717) is 5.69 Å². The Morgan fingerprint density at radius 2 is 2.00 bits per heavy atom. The first-order chi connectivity index (χ1) is 9.91. The van der Waals surface area contributed by atoms with Crippen molar-refractivity contribution >= 4 is 15.7 Å². The molecule has 0 saturated heterocycles. The molecule has 0 atom stereocenters. The zero-order valence-corrected chi connectivity index (χ0v) is 12.6. The van der Waals surface area contributed by atoms with Gasteiger partial charge in [0, 0.05) is 25.5 Å². The summed E-state index contributed by atoms with van der Waals surface area (Å²) in [6.45, 7) is 1.48. The molecule has 5 nitrogen and oxygen atoms in total. The third-order valence-electron chi connectivity index (χ3n) is 3.24. The summed E-state index contributed by atoms with van der Waals surface area (Å²) in [6, 6.07) is 7.12. The van der Waals surface area contributed by atoms with Crippen molar-refractivity contribution in [2.75, 3.05) is 10.8 Å². The highest BCUT2D eigenvalue weighted by Gasteiger charge is 2.27. The van der Waals surface area contributed by atoms with E-state index in [9.17, 15) is 12.8 Å². The van der Waals surface area contributed by atoms with Crippen LogP contribution in [0.15, 0.2) is 41.4 Å². The minimum atomic E-state index is -3.88. The Morgan fingerprint density at radius 3 is 2.52 bits per heavy atom. The van der Waals surface area contributed by atoms with E-state index >= 15 is 0 Å². The quantitative estimate of drug-likeness (QED) is 0.917. The molecule has 0 radical (unpaired) electrons. The van der Waals surface area contributed by atoms with Gasteiger partial charge in [0.1, 0.15) is 10.7 Å². The maximum absolute atomic E-state index is 13.9. The number of aliphatic hydroxyl groups excluding tert-OH is 1. The number of aryl methyl sites for hydroxylation is 1. The Bertz CT molecular complexity index is 740. The lowest BCUT2D eigenvalue weighted by atomic mass is 10.3. The Balaban J connectivity index is 2.52. The average Bonchev–Trinajstić information content (AvgIpc) is 2.83. The van der Waals surface area contributed by atoms with Crippen molar-refractivity contribution in [2.24, 2.45) is 7.05 Å². The second kappa shape index (κ2) is 5.87. The number of hydrogen-bond acceptors (Lipinski definition) is 3. The van der Waals surface area contributed by atoms with Crippen molar-refractivity contribution in [3.8, 4) is 0 Å². The lowest BCUT2D eigenvalue weighted by molar-refractivity contribution is 0.272. The van der Waals surface area contributed by atoms with Crippen molar-refractivity contribution in [2.45, 2.75) is 18.4 Å². The smallest absolute Gasteiger partial charge is 0.265 e. The highest BCUT2D eigenvalue weighted by molar-refractivity contribution is 7.92. The Labute approximate surface area is 123 Å². The number of aromatic nitrogens is 1. The molecule has 0 bridgehead atoms. The SMILES string of the molecule is CCN(c1ccccc1F)S(=O)(=O)c1cc(CO)n(C)c1. The first-order valence-electron chi connectivity index (χ1n) is 6.45. The van der Waals surface area contributed by atoms with Crippen LogP contribution >= 0.6 is 0 Å². The van der Waals surface area contributed by atoms with Crippen molar-refractivity contribution in [3.05, 3.63) is 48.0 Å². The molecule has 0 fully saturated rings. The summed E-state index contributed by atoms with van der Waals surface area (Å²) in [5.41, 5.74) is 0.479. The first-order valence-corrected chi connectivity index (χ1v) is 7.89. The van der Waals surface area contributed by atoms with Crippen LogP contribution in [0.1, 0.15) is 12.6 Å². The van der Waals surface area contributed by atoms with E-state index in [1.807, 2.05) is 0 Å². The van der Waals surface area contributed by atoms with Crippen LogP contribution in [-0.4, -0.2) is 24.6 Å². The minimum absolute atomic E-state index is 0.00871. The standard InChI is InChI=1S/C14H17FN2O3S/c1-3-17(14-7-5-4-6-13(14)15)21(19,20)12-8-11(10-18)16(2)9-12/h4-9,18H,3,10H2,1-2H3. The third-order valence-corrected chi connectivity index (χ3v) is 5.10. The molecule has 2 rings (SSSR count). The van der Waals surface area contributed by atoms with Crippen LogP contribution in [0.4, 0.5) is 10.1 Å². The number of rotatable bonds is 5. The van der Waals surface area contributed by atoms with Crippen molar-refractivity contribution in [1.82, 2.24) is 4.57 Å². The third kappa shape index (κ3) is 2.79. The van der Waals surface area contributed by atoms with Crippen LogP contribution in [0.3, 0.4) is 0 Å². The summed E-state index contributed by atoms with van der Waals surface area (Å²) in [4.78, 5) is 0.0270. The fraction of sp³-hybridized carbons (Fsp3) is 0.286. The number of anilines is 1. The van der Waals surface area contributed by atoms with Gasteiger partial charge in [0.25, 0.3) is 10.0 Å². The second-order valence-electron chi connectivity index (χ2n) is 4.56. The monoisotopic (exact) mass is 312 g/mol. The van der Waals surface area contributed by atoms with E-state index in [4.69, 9.17) is 5.11 Å². The molecule has 0 unspecified atom stereocenters. The fourth-order valence-electron chi connectivity index (χ4n) is 2.13. The first kappa shape index (κ1) is 15.5. The van der Waals surface area contributed by atoms with Crippen LogP contribution in [0.5, 0.6) is 0 Å². The van der Waals surface area contributed by atoms with Gasteiger partial charge in [-0.1, -0.05) is 12.1 Å². The summed E-state index contributed by atoms with van der Waals surface area (Å²) in [5.74, 6) is -0.596. The Kier molecular flexibility index (Phi) is 4.34. The maximum Gasteiger partial charge on any atom is 0.265 e. The second-order valence-corrected chi connectivity index (χ2v) is 6.42. The summed E-state index contributed by atoms with van der Waals surface area (Å²) in [6.07, 6.45) is 1.41. The van der Waals surface area contributed by atoms with Gasteiger partial charge in [-0.3, -0.25) is 4.31 Å². The highest BCUT2D eigenvalue weighted by Crippen LogP contribution is 2.26. The number of benzene rings is 1. The van der Waals surface area contributed by atoms with Gasteiger partial charge < -0.3 is 9.67 Å². The molecular formula is C14H17FN2O3S. The van der Waals surface area contributed by atoms with E-state index in [2.05, 4.69) is 0 Å². The zero-order valence-electron chi connectivity index (χ0n) is 11.8. The van der Waals surface area contributed by atoms with Gasteiger partial charge in [0.05, 0.1) is 12.3 Å². The molecule has 114 valence electrons. The van der Waals surface area contributed by atoms with Crippen molar-refractivity contribution < 1.29 is 17.9 Å². The summed E-state index contributed by atoms with van der Waals surface area (Å²) in [5, 5.41) is 9.17. The number of aliphatic hydroxyl groups is 1. The number of para-hydroxylation sites is 1. The molecule has 2 aromatic rings. The minimum Gasteiger partial charge on any atom is -0.390 e. The summed E-state index contributed by atoms with van der Waals surface area (Å²) in [7, 11) is -2.23. The number of sulfonamides is 1. The van der Waals surface area contributed by atoms with Gasteiger partial charge in [0.15, 0.2) is 0 Å². The topological polar surface area (TPSA) is 62.5 Å². The summed E-state index contributed by atoms with van der Waals surface area (Å²) >= 11 is 0. The highest BCUT2D eigenvalue weighted by atomic mass is 32.2. The van der Waals surface area contributed by atoms with E-state index in [0.717, 1.165) is 4.31 Å². The number of halogens is 1. The molecule has 0 saturated carbocycles.